The topological polar surface area (TPSA) is 315 Å². The van der Waals surface area contributed by atoms with Crippen LogP contribution in [0.25, 0.3) is 12.2 Å². The van der Waals surface area contributed by atoms with Gasteiger partial charge >= 0.3 is 5.97 Å². The van der Waals surface area contributed by atoms with Crippen LogP contribution in [0.3, 0.4) is 0 Å². The van der Waals surface area contributed by atoms with Crippen molar-refractivity contribution >= 4 is 18.1 Å². The maximum absolute atomic E-state index is 12.4. The fourth-order valence-electron chi connectivity index (χ4n) is 5.96. The van der Waals surface area contributed by atoms with Crippen LogP contribution in [0.2, 0.25) is 0 Å². The molecule has 3 aliphatic rings. The average molecular weight is 775 g/mol. The Morgan fingerprint density at radius 3 is 1.96 bits per heavy atom. The van der Waals surface area contributed by atoms with Crippen LogP contribution < -0.4 is 9.47 Å². The van der Waals surface area contributed by atoms with Gasteiger partial charge in [0.25, 0.3) is 0 Å². The fraction of sp³-hybridized carbons (Fsp3) is 0.361. The van der Waals surface area contributed by atoms with Crippen LogP contribution in [0.4, 0.5) is 0 Å². The molecule has 55 heavy (non-hydrogen) atoms. The molecule has 0 radical (unpaired) electrons. The van der Waals surface area contributed by atoms with E-state index in [1.807, 2.05) is 0 Å². The van der Waals surface area contributed by atoms with Gasteiger partial charge in [-0.3, -0.25) is 0 Å². The SMILES string of the molecule is O=C(/C=C/c1ccc(O)c(O)c1)OC[C@H]1O[C@@H](Oc2cc(O)cc3c2C=C(O[C@@H]2O[C@H](CO)[C@@H](O)[C@@H](O)[C@H]2O)C(c2ccc(O)c(O)c2)O3)[C@@H](O)[C@@H](O)[C@@H]1O. The van der Waals surface area contributed by atoms with Gasteiger partial charge in [0.2, 0.25) is 12.6 Å². The molecule has 0 aromatic heterocycles. The van der Waals surface area contributed by atoms with Crippen molar-refractivity contribution in [2.45, 2.75) is 67.5 Å². The predicted molar refractivity (Wildman–Crippen MR) is 181 cm³/mol. The maximum Gasteiger partial charge on any atom is 0.330 e. The highest BCUT2D eigenvalue weighted by Gasteiger charge is 2.47. The molecule has 3 aromatic carbocycles. The van der Waals surface area contributed by atoms with Crippen LogP contribution in [0.5, 0.6) is 40.2 Å². The number of carbonyl (C=O) groups is 1. The minimum atomic E-state index is -1.91. The van der Waals surface area contributed by atoms with E-state index in [0.717, 1.165) is 24.3 Å². The molecule has 19 nitrogen and oxygen atoms in total. The van der Waals surface area contributed by atoms with Crippen LogP contribution >= 0.6 is 0 Å². The molecule has 3 aliphatic heterocycles. The summed E-state index contributed by atoms with van der Waals surface area (Å²) in [6.45, 7) is -1.41. The summed E-state index contributed by atoms with van der Waals surface area (Å²) in [5, 5.41) is 123. The van der Waals surface area contributed by atoms with Gasteiger partial charge in [-0.2, -0.15) is 0 Å². The smallest absolute Gasteiger partial charge is 0.330 e. The first-order valence-electron chi connectivity index (χ1n) is 16.6. The third kappa shape index (κ3) is 8.34. The summed E-state index contributed by atoms with van der Waals surface area (Å²) in [4.78, 5) is 12.4. The lowest BCUT2D eigenvalue weighted by Gasteiger charge is -2.41. The molecule has 12 N–H and O–H groups in total. The number of aliphatic hydroxyl groups is 7. The molecule has 0 spiro atoms. The van der Waals surface area contributed by atoms with Gasteiger partial charge in [-0.25, -0.2) is 4.79 Å². The lowest BCUT2D eigenvalue weighted by molar-refractivity contribution is -0.293. The van der Waals surface area contributed by atoms with Gasteiger partial charge < -0.3 is 89.7 Å². The number of hydrogen-bond acceptors (Lipinski definition) is 19. The number of hydrogen-bond donors (Lipinski definition) is 12. The largest absolute Gasteiger partial charge is 0.508 e. The maximum atomic E-state index is 12.4. The molecule has 3 aromatic rings. The van der Waals surface area contributed by atoms with E-state index in [1.165, 1.54) is 42.5 Å². The Bertz CT molecular complexity index is 1930. The van der Waals surface area contributed by atoms with Gasteiger partial charge in [-0.1, -0.05) is 12.1 Å². The fourth-order valence-corrected chi connectivity index (χ4v) is 5.96. The minimum absolute atomic E-state index is 0.00133. The van der Waals surface area contributed by atoms with Crippen molar-refractivity contribution in [2.75, 3.05) is 13.2 Å². The quantitative estimate of drug-likeness (QED) is 0.0664. The van der Waals surface area contributed by atoms with E-state index in [0.29, 0.717) is 5.56 Å². The lowest BCUT2D eigenvalue weighted by Crippen LogP contribution is -2.60. The van der Waals surface area contributed by atoms with Crippen molar-refractivity contribution in [2.24, 2.45) is 0 Å². The zero-order valence-corrected chi connectivity index (χ0v) is 28.3. The average Bonchev–Trinajstić information content (AvgIpc) is 3.16. The van der Waals surface area contributed by atoms with Gasteiger partial charge in [0.1, 0.15) is 78.4 Å². The Hall–Kier alpha value is -5.35. The van der Waals surface area contributed by atoms with E-state index in [9.17, 15) is 66.1 Å². The van der Waals surface area contributed by atoms with Crippen LogP contribution in [-0.4, -0.2) is 142 Å². The summed E-state index contributed by atoms with van der Waals surface area (Å²) in [6.07, 6.45) is -15.0. The molecule has 0 saturated carbocycles. The number of rotatable bonds is 10. The van der Waals surface area contributed by atoms with Crippen molar-refractivity contribution < 1.29 is 94.5 Å². The van der Waals surface area contributed by atoms with Gasteiger partial charge in [0.05, 0.1) is 12.2 Å². The predicted octanol–water partition coefficient (Wildman–Crippen LogP) is -1.05. The number of fused-ring (bicyclic) bond motifs is 1. The molecule has 0 aliphatic carbocycles. The second kappa shape index (κ2) is 16.2. The van der Waals surface area contributed by atoms with E-state index in [1.54, 1.807) is 0 Å². The monoisotopic (exact) mass is 774 g/mol. The number of phenolic OH excluding ortho intramolecular Hbond substituents is 5. The highest BCUT2D eigenvalue weighted by atomic mass is 16.7. The Morgan fingerprint density at radius 1 is 0.691 bits per heavy atom. The van der Waals surface area contributed by atoms with Crippen LogP contribution in [-0.2, 0) is 23.7 Å². The molecular weight excluding hydrogens is 736 g/mol. The first-order valence-corrected chi connectivity index (χ1v) is 16.6. The first-order chi connectivity index (χ1) is 26.1. The molecular formula is C36H38O19. The Morgan fingerprint density at radius 2 is 1.31 bits per heavy atom. The van der Waals surface area contributed by atoms with E-state index < -0.39 is 110 Å². The van der Waals surface area contributed by atoms with Crippen molar-refractivity contribution in [3.05, 3.63) is 77.1 Å². The number of benzene rings is 3. The summed E-state index contributed by atoms with van der Waals surface area (Å²) in [5.74, 6) is -3.69. The van der Waals surface area contributed by atoms with Crippen molar-refractivity contribution in [3.63, 3.8) is 0 Å². The zero-order valence-electron chi connectivity index (χ0n) is 28.3. The molecule has 1 unspecified atom stereocenters. The summed E-state index contributed by atoms with van der Waals surface area (Å²) < 4.78 is 34.3. The van der Waals surface area contributed by atoms with Crippen molar-refractivity contribution in [1.82, 2.24) is 0 Å². The number of esters is 1. The van der Waals surface area contributed by atoms with Crippen molar-refractivity contribution in [1.29, 1.82) is 0 Å². The second-order valence-corrected chi connectivity index (χ2v) is 12.8. The zero-order chi connectivity index (χ0) is 39.7. The summed E-state index contributed by atoms with van der Waals surface area (Å²) in [5.41, 5.74) is 0.510. The third-order valence-corrected chi connectivity index (χ3v) is 8.99. The summed E-state index contributed by atoms with van der Waals surface area (Å²) in [7, 11) is 0. The Kier molecular flexibility index (Phi) is 11.6. The van der Waals surface area contributed by atoms with Gasteiger partial charge in [0.15, 0.2) is 29.1 Å². The minimum Gasteiger partial charge on any atom is -0.508 e. The standard InChI is InChI=1S/C36H38O19/c37-12-25-28(44)30(46)32(48)36(54-25)53-24-11-17-22(51-34(24)15-3-5-19(40)21(42)8-15)9-16(38)10-23(17)52-35-33(49)31(47)29(45)26(55-35)13-50-27(43)6-2-14-1-4-18(39)20(41)7-14/h1-11,25-26,28-42,44-49H,12-13H2/b6-2+/t25-,26-,28-,29-,30-,31+,32-,33+,34?,35-,36-/m1/s1. The lowest BCUT2D eigenvalue weighted by atomic mass is 9.98. The third-order valence-electron chi connectivity index (χ3n) is 8.99. The molecule has 2 saturated heterocycles. The van der Waals surface area contributed by atoms with E-state index >= 15 is 0 Å². The number of aliphatic hydroxyl groups excluding tert-OH is 7. The van der Waals surface area contributed by atoms with Gasteiger partial charge in [-0.05, 0) is 42.0 Å². The number of ether oxygens (including phenoxy) is 6. The van der Waals surface area contributed by atoms with Gasteiger partial charge in [0, 0.05) is 23.8 Å². The molecule has 6 rings (SSSR count). The molecule has 19 heteroatoms. The number of aromatic hydroxyl groups is 5. The molecule has 11 atom stereocenters. The molecule has 296 valence electrons. The molecule has 3 heterocycles. The van der Waals surface area contributed by atoms with E-state index in [2.05, 4.69) is 0 Å². The molecule has 0 amide bonds. The Balaban J connectivity index is 1.26. The highest BCUT2D eigenvalue weighted by molar-refractivity contribution is 5.87. The van der Waals surface area contributed by atoms with Crippen LogP contribution in [0, 0.1) is 0 Å². The van der Waals surface area contributed by atoms with Crippen molar-refractivity contribution in [3.8, 4) is 40.2 Å². The van der Waals surface area contributed by atoms with E-state index in [4.69, 9.17) is 28.4 Å². The molecule has 2 fully saturated rings. The van der Waals surface area contributed by atoms with Crippen LogP contribution in [0.1, 0.15) is 22.8 Å². The van der Waals surface area contributed by atoms with E-state index in [-0.39, 0.29) is 34.1 Å². The normalized spacial score (nSPS) is 30.5. The first kappa shape index (κ1) is 39.3. The number of carbonyl (C=O) groups excluding carboxylic acids is 1. The summed E-state index contributed by atoms with van der Waals surface area (Å²) >= 11 is 0. The molecule has 0 bridgehead atoms. The second-order valence-electron chi connectivity index (χ2n) is 12.8. The van der Waals surface area contributed by atoms with Gasteiger partial charge in [-0.15, -0.1) is 0 Å². The van der Waals surface area contributed by atoms with Crippen LogP contribution in [0.15, 0.2) is 60.4 Å². The highest BCUT2D eigenvalue weighted by Crippen LogP contribution is 2.46. The summed E-state index contributed by atoms with van der Waals surface area (Å²) in [6, 6.07) is 9.70. The Labute approximate surface area is 310 Å². The number of phenols is 5.